The molecule has 0 atom stereocenters. The quantitative estimate of drug-likeness (QED) is 0.345. The molecule has 4 rings (SSSR count). The predicted octanol–water partition coefficient (Wildman–Crippen LogP) is 5.08. The fourth-order valence-corrected chi connectivity index (χ4v) is 3.13. The first-order valence-corrected chi connectivity index (χ1v) is 9.23. The molecule has 7 heteroatoms. The first-order valence-electron chi connectivity index (χ1n) is 8.85. The number of rotatable bonds is 4. The fraction of sp³-hybridized carbons (Fsp3) is 0.136. The number of esters is 1. The molecule has 0 bridgehead atoms. The number of carbonyl (C=O) groups excluding carboxylic acids is 1. The highest BCUT2D eigenvalue weighted by Crippen LogP contribution is 2.26. The molecular formula is C22H16ClNO5. The monoisotopic (exact) mass is 409 g/mol. The lowest BCUT2D eigenvalue weighted by Gasteiger charge is -2.08. The van der Waals surface area contributed by atoms with Crippen molar-refractivity contribution in [2.45, 2.75) is 20.5 Å². The number of ether oxygens (including phenoxy) is 1. The third-order valence-electron chi connectivity index (χ3n) is 4.48. The second kappa shape index (κ2) is 7.56. The highest BCUT2D eigenvalue weighted by molar-refractivity contribution is 6.32. The molecule has 0 radical (unpaired) electrons. The maximum absolute atomic E-state index is 12.6. The summed E-state index contributed by atoms with van der Waals surface area (Å²) in [5, 5.41) is 1.13. The first kappa shape index (κ1) is 19.0. The minimum atomic E-state index is -0.645. The molecule has 4 aromatic rings. The van der Waals surface area contributed by atoms with E-state index in [4.69, 9.17) is 25.2 Å². The van der Waals surface area contributed by atoms with E-state index < -0.39 is 11.6 Å². The van der Waals surface area contributed by atoms with Crippen LogP contribution in [0.3, 0.4) is 0 Å². The van der Waals surface area contributed by atoms with Crippen molar-refractivity contribution in [3.05, 3.63) is 86.6 Å². The highest BCUT2D eigenvalue weighted by Gasteiger charge is 2.20. The summed E-state index contributed by atoms with van der Waals surface area (Å²) in [4.78, 5) is 28.7. The summed E-state index contributed by atoms with van der Waals surface area (Å²) < 4.78 is 16.2. The Morgan fingerprint density at radius 3 is 2.62 bits per heavy atom. The van der Waals surface area contributed by atoms with Gasteiger partial charge in [0.15, 0.2) is 5.69 Å². The molecule has 146 valence electrons. The van der Waals surface area contributed by atoms with Gasteiger partial charge in [0, 0.05) is 27.6 Å². The van der Waals surface area contributed by atoms with E-state index in [1.165, 1.54) is 6.07 Å². The van der Waals surface area contributed by atoms with Crippen LogP contribution in [0.5, 0.6) is 0 Å². The summed E-state index contributed by atoms with van der Waals surface area (Å²) >= 11 is 6.19. The lowest BCUT2D eigenvalue weighted by atomic mass is 10.1. The van der Waals surface area contributed by atoms with Crippen molar-refractivity contribution < 1.29 is 18.4 Å². The number of carbonyl (C=O) groups is 1. The topological polar surface area (TPSA) is 82.5 Å². The largest absolute Gasteiger partial charge is 0.456 e. The van der Waals surface area contributed by atoms with Gasteiger partial charge in [0.1, 0.15) is 18.0 Å². The van der Waals surface area contributed by atoms with Crippen LogP contribution in [0.15, 0.2) is 62.2 Å². The maximum Gasteiger partial charge on any atom is 0.360 e. The first-order chi connectivity index (χ1) is 13.9. The van der Waals surface area contributed by atoms with E-state index >= 15 is 0 Å². The van der Waals surface area contributed by atoms with Crippen molar-refractivity contribution in [3.63, 3.8) is 0 Å². The second-order valence-electron chi connectivity index (χ2n) is 6.55. The van der Waals surface area contributed by atoms with Gasteiger partial charge < -0.3 is 13.6 Å². The number of halogens is 1. The Hall–Kier alpha value is -3.38. The zero-order valence-electron chi connectivity index (χ0n) is 15.7. The Morgan fingerprint density at radius 2 is 1.86 bits per heavy atom. The van der Waals surface area contributed by atoms with Gasteiger partial charge in [-0.1, -0.05) is 29.8 Å². The second-order valence-corrected chi connectivity index (χ2v) is 6.96. The summed E-state index contributed by atoms with van der Waals surface area (Å²) in [5.41, 5.74) is 1.97. The number of benzene rings is 2. The highest BCUT2D eigenvalue weighted by atomic mass is 35.5. The van der Waals surface area contributed by atoms with Gasteiger partial charge in [-0.3, -0.25) is 0 Å². The summed E-state index contributed by atoms with van der Waals surface area (Å²) in [5.74, 6) is 0.0427. The number of aromatic nitrogens is 1. The zero-order chi connectivity index (χ0) is 20.5. The predicted molar refractivity (Wildman–Crippen MR) is 108 cm³/mol. The SMILES string of the molecule is Cc1cc2oc(=O)cc(COC(=O)c3nc(-c4ccccc4)oc3C)c2cc1Cl. The van der Waals surface area contributed by atoms with Gasteiger partial charge in [0.2, 0.25) is 5.89 Å². The van der Waals surface area contributed by atoms with Crippen LogP contribution in [0, 0.1) is 13.8 Å². The Morgan fingerprint density at radius 1 is 1.10 bits per heavy atom. The van der Waals surface area contributed by atoms with Gasteiger partial charge >= 0.3 is 11.6 Å². The number of hydrogen-bond donors (Lipinski definition) is 0. The van der Waals surface area contributed by atoms with Gasteiger partial charge in [-0.25, -0.2) is 14.6 Å². The molecule has 0 N–H and O–H groups in total. The fourth-order valence-electron chi connectivity index (χ4n) is 2.97. The molecule has 0 saturated carbocycles. The van der Waals surface area contributed by atoms with E-state index in [9.17, 15) is 9.59 Å². The summed E-state index contributed by atoms with van der Waals surface area (Å²) in [6.07, 6.45) is 0. The van der Waals surface area contributed by atoms with Crippen LogP contribution in [-0.2, 0) is 11.3 Å². The zero-order valence-corrected chi connectivity index (χ0v) is 16.4. The van der Waals surface area contributed by atoms with Crippen LogP contribution >= 0.6 is 11.6 Å². The molecule has 2 aromatic heterocycles. The Labute approximate surface area is 170 Å². The van der Waals surface area contributed by atoms with Gasteiger partial charge in [-0.2, -0.15) is 0 Å². The third-order valence-corrected chi connectivity index (χ3v) is 4.89. The van der Waals surface area contributed by atoms with E-state index in [2.05, 4.69) is 4.98 Å². The van der Waals surface area contributed by atoms with Crippen LogP contribution < -0.4 is 5.63 Å². The van der Waals surface area contributed by atoms with Crippen LogP contribution in [0.2, 0.25) is 5.02 Å². The minimum Gasteiger partial charge on any atom is -0.456 e. The van der Waals surface area contributed by atoms with E-state index in [-0.39, 0.29) is 12.3 Å². The third kappa shape index (κ3) is 3.79. The van der Waals surface area contributed by atoms with Gasteiger partial charge in [0.05, 0.1) is 0 Å². The number of fused-ring (bicyclic) bond motifs is 1. The minimum absolute atomic E-state index is 0.0880. The Kier molecular flexibility index (Phi) is 4.94. The van der Waals surface area contributed by atoms with Crippen LogP contribution in [-0.4, -0.2) is 11.0 Å². The van der Waals surface area contributed by atoms with Gasteiger partial charge in [-0.05, 0) is 43.7 Å². The smallest absolute Gasteiger partial charge is 0.360 e. The van der Waals surface area contributed by atoms with Crippen molar-refractivity contribution in [3.8, 4) is 11.5 Å². The van der Waals surface area contributed by atoms with Gasteiger partial charge in [-0.15, -0.1) is 0 Å². The average Bonchev–Trinajstić information content (AvgIpc) is 3.10. The van der Waals surface area contributed by atoms with E-state index in [1.807, 2.05) is 37.3 Å². The summed E-state index contributed by atoms with van der Waals surface area (Å²) in [6, 6.07) is 13.9. The molecule has 2 heterocycles. The molecule has 0 amide bonds. The molecule has 0 aliphatic carbocycles. The molecule has 0 aliphatic heterocycles. The van der Waals surface area contributed by atoms with E-state index in [0.717, 1.165) is 11.1 Å². The number of aryl methyl sites for hydroxylation is 2. The molecule has 0 fully saturated rings. The lowest BCUT2D eigenvalue weighted by molar-refractivity contribution is 0.0465. The number of hydrogen-bond acceptors (Lipinski definition) is 6. The summed E-state index contributed by atoms with van der Waals surface area (Å²) in [7, 11) is 0. The Bertz CT molecular complexity index is 1270. The van der Waals surface area contributed by atoms with Crippen molar-refractivity contribution in [1.82, 2.24) is 4.98 Å². The Balaban J connectivity index is 1.60. The molecule has 0 saturated heterocycles. The molecule has 2 aromatic carbocycles. The molecule has 6 nitrogen and oxygen atoms in total. The molecule has 0 aliphatic rings. The number of nitrogens with zero attached hydrogens (tertiary/aromatic N) is 1. The average molecular weight is 410 g/mol. The van der Waals surface area contributed by atoms with Crippen molar-refractivity contribution in [2.75, 3.05) is 0 Å². The lowest BCUT2D eigenvalue weighted by Crippen LogP contribution is -2.09. The van der Waals surface area contributed by atoms with Crippen molar-refractivity contribution in [2.24, 2.45) is 0 Å². The normalized spacial score (nSPS) is 11.0. The van der Waals surface area contributed by atoms with Crippen LogP contribution in [0.25, 0.3) is 22.4 Å². The van der Waals surface area contributed by atoms with E-state index in [0.29, 0.717) is 33.2 Å². The number of oxazole rings is 1. The molecular weight excluding hydrogens is 394 g/mol. The molecule has 0 unspecified atom stereocenters. The van der Waals surface area contributed by atoms with Crippen molar-refractivity contribution >= 4 is 28.5 Å². The molecule has 0 spiro atoms. The van der Waals surface area contributed by atoms with Crippen LogP contribution in [0.4, 0.5) is 0 Å². The van der Waals surface area contributed by atoms with Crippen molar-refractivity contribution in [1.29, 1.82) is 0 Å². The van der Waals surface area contributed by atoms with Gasteiger partial charge in [0.25, 0.3) is 0 Å². The maximum atomic E-state index is 12.6. The van der Waals surface area contributed by atoms with Crippen LogP contribution in [0.1, 0.15) is 27.4 Å². The summed E-state index contributed by atoms with van der Waals surface area (Å²) in [6.45, 7) is 3.32. The van der Waals surface area contributed by atoms with E-state index in [1.54, 1.807) is 19.1 Å². The standard InChI is InChI=1S/C22H16ClNO5/c1-12-8-18-16(10-17(12)23)15(9-19(25)29-18)11-27-22(26)20-13(2)28-21(24-20)14-6-4-3-5-7-14/h3-10H,11H2,1-2H3. The molecule has 29 heavy (non-hydrogen) atoms.